The van der Waals surface area contributed by atoms with Crippen LogP contribution in [0.4, 0.5) is 0 Å². The molecule has 1 fully saturated rings. The number of nitrogens with zero attached hydrogens (tertiary/aromatic N) is 1. The standard InChI is InChI=1S/C17H28N2/c1-2-15(13-18)14-19-10-8-17(9-11-19)12-16-6-4-3-5-7-16/h3-7,15,17H,2,8-14,18H2,1H3. The molecule has 2 nitrogen and oxygen atoms in total. The zero-order valence-corrected chi connectivity index (χ0v) is 12.2. The molecule has 1 atom stereocenters. The summed E-state index contributed by atoms with van der Waals surface area (Å²) in [7, 11) is 0. The average molecular weight is 260 g/mol. The molecule has 1 aliphatic heterocycles. The largest absolute Gasteiger partial charge is 0.330 e. The third-order valence-electron chi connectivity index (χ3n) is 4.50. The molecule has 0 saturated carbocycles. The molecule has 2 N–H and O–H groups in total. The van der Waals surface area contributed by atoms with E-state index in [-0.39, 0.29) is 0 Å². The Kier molecular flexibility index (Phi) is 5.87. The van der Waals surface area contributed by atoms with Crippen molar-refractivity contribution in [2.75, 3.05) is 26.2 Å². The fourth-order valence-electron chi connectivity index (χ4n) is 3.06. The maximum atomic E-state index is 5.80. The predicted molar refractivity (Wildman–Crippen MR) is 82.1 cm³/mol. The zero-order chi connectivity index (χ0) is 13.5. The maximum Gasteiger partial charge on any atom is 0.00216 e. The average Bonchev–Trinajstić information content (AvgIpc) is 2.47. The first kappa shape index (κ1) is 14.5. The van der Waals surface area contributed by atoms with Gasteiger partial charge >= 0.3 is 0 Å². The van der Waals surface area contributed by atoms with E-state index in [9.17, 15) is 0 Å². The number of nitrogens with two attached hydrogens (primary N) is 1. The van der Waals surface area contributed by atoms with E-state index in [0.29, 0.717) is 5.92 Å². The summed E-state index contributed by atoms with van der Waals surface area (Å²) in [5, 5.41) is 0. The minimum Gasteiger partial charge on any atom is -0.330 e. The van der Waals surface area contributed by atoms with Gasteiger partial charge in [-0.05, 0) is 56.3 Å². The second kappa shape index (κ2) is 7.66. The van der Waals surface area contributed by atoms with Crippen molar-refractivity contribution in [2.24, 2.45) is 17.6 Å². The number of hydrogen-bond acceptors (Lipinski definition) is 2. The van der Waals surface area contributed by atoms with Crippen LogP contribution in [0.2, 0.25) is 0 Å². The maximum absolute atomic E-state index is 5.80. The molecule has 19 heavy (non-hydrogen) atoms. The first-order valence-electron chi connectivity index (χ1n) is 7.78. The number of piperidine rings is 1. The molecule has 0 aromatic heterocycles. The molecule has 2 rings (SSSR count). The third kappa shape index (κ3) is 4.63. The lowest BCUT2D eigenvalue weighted by Crippen LogP contribution is -2.39. The topological polar surface area (TPSA) is 29.3 Å². The summed E-state index contributed by atoms with van der Waals surface area (Å²) in [6.45, 7) is 6.80. The summed E-state index contributed by atoms with van der Waals surface area (Å²) in [5.74, 6) is 1.56. The van der Waals surface area contributed by atoms with Gasteiger partial charge in [-0.15, -0.1) is 0 Å². The molecular weight excluding hydrogens is 232 g/mol. The van der Waals surface area contributed by atoms with Crippen LogP contribution in [-0.4, -0.2) is 31.1 Å². The van der Waals surface area contributed by atoms with Gasteiger partial charge in [-0.2, -0.15) is 0 Å². The van der Waals surface area contributed by atoms with Gasteiger partial charge in [0.15, 0.2) is 0 Å². The third-order valence-corrected chi connectivity index (χ3v) is 4.50. The number of hydrogen-bond donors (Lipinski definition) is 1. The van der Waals surface area contributed by atoms with E-state index >= 15 is 0 Å². The van der Waals surface area contributed by atoms with Crippen molar-refractivity contribution < 1.29 is 0 Å². The van der Waals surface area contributed by atoms with Crippen molar-refractivity contribution in [3.8, 4) is 0 Å². The number of rotatable bonds is 6. The van der Waals surface area contributed by atoms with E-state index < -0.39 is 0 Å². The Balaban J connectivity index is 1.73. The Morgan fingerprint density at radius 3 is 2.47 bits per heavy atom. The van der Waals surface area contributed by atoms with E-state index in [1.165, 1.54) is 50.9 Å². The fraction of sp³-hybridized carbons (Fsp3) is 0.647. The zero-order valence-electron chi connectivity index (χ0n) is 12.2. The molecule has 0 amide bonds. The van der Waals surface area contributed by atoms with Crippen LogP contribution in [0.15, 0.2) is 30.3 Å². The number of likely N-dealkylation sites (tertiary alicyclic amines) is 1. The molecule has 1 aromatic carbocycles. The van der Waals surface area contributed by atoms with Crippen LogP contribution in [0.5, 0.6) is 0 Å². The summed E-state index contributed by atoms with van der Waals surface area (Å²) in [5.41, 5.74) is 7.30. The summed E-state index contributed by atoms with van der Waals surface area (Å²) in [6.07, 6.45) is 5.15. The van der Waals surface area contributed by atoms with Gasteiger partial charge in [0.2, 0.25) is 0 Å². The van der Waals surface area contributed by atoms with Gasteiger partial charge in [-0.1, -0.05) is 43.7 Å². The molecule has 1 saturated heterocycles. The first-order chi connectivity index (χ1) is 9.31. The number of benzene rings is 1. The van der Waals surface area contributed by atoms with Crippen LogP contribution in [-0.2, 0) is 6.42 Å². The van der Waals surface area contributed by atoms with E-state index in [2.05, 4.69) is 42.2 Å². The Hall–Kier alpha value is -0.860. The second-order valence-corrected chi connectivity index (χ2v) is 5.94. The lowest BCUT2D eigenvalue weighted by atomic mass is 9.89. The van der Waals surface area contributed by atoms with Gasteiger partial charge in [-0.25, -0.2) is 0 Å². The monoisotopic (exact) mass is 260 g/mol. The SMILES string of the molecule is CCC(CN)CN1CCC(Cc2ccccc2)CC1. The molecule has 0 aliphatic carbocycles. The quantitative estimate of drug-likeness (QED) is 0.852. The van der Waals surface area contributed by atoms with Gasteiger partial charge in [0.05, 0.1) is 0 Å². The van der Waals surface area contributed by atoms with Crippen LogP contribution in [0.1, 0.15) is 31.7 Å². The van der Waals surface area contributed by atoms with Gasteiger partial charge in [0, 0.05) is 6.54 Å². The molecule has 1 heterocycles. The minimum absolute atomic E-state index is 0.686. The van der Waals surface area contributed by atoms with Crippen LogP contribution in [0.25, 0.3) is 0 Å². The van der Waals surface area contributed by atoms with Crippen LogP contribution in [0.3, 0.4) is 0 Å². The highest BCUT2D eigenvalue weighted by molar-refractivity contribution is 5.15. The molecule has 0 bridgehead atoms. The Morgan fingerprint density at radius 2 is 1.89 bits per heavy atom. The van der Waals surface area contributed by atoms with E-state index in [1.807, 2.05) is 0 Å². The van der Waals surface area contributed by atoms with Crippen LogP contribution in [0, 0.1) is 11.8 Å². The van der Waals surface area contributed by atoms with Crippen molar-refractivity contribution >= 4 is 0 Å². The highest BCUT2D eigenvalue weighted by Crippen LogP contribution is 2.22. The van der Waals surface area contributed by atoms with E-state index in [4.69, 9.17) is 5.73 Å². The molecule has 1 aromatic rings. The summed E-state index contributed by atoms with van der Waals surface area (Å²) in [6, 6.07) is 10.9. The molecule has 0 spiro atoms. The van der Waals surface area contributed by atoms with Gasteiger partial charge in [-0.3, -0.25) is 0 Å². The first-order valence-corrected chi connectivity index (χ1v) is 7.78. The highest BCUT2D eigenvalue weighted by atomic mass is 15.1. The summed E-state index contributed by atoms with van der Waals surface area (Å²) in [4.78, 5) is 2.61. The van der Waals surface area contributed by atoms with Gasteiger partial charge in [0.25, 0.3) is 0 Å². The van der Waals surface area contributed by atoms with E-state index in [0.717, 1.165) is 12.5 Å². The summed E-state index contributed by atoms with van der Waals surface area (Å²) < 4.78 is 0. The van der Waals surface area contributed by atoms with Crippen molar-refractivity contribution in [1.29, 1.82) is 0 Å². The predicted octanol–water partition coefficient (Wildman–Crippen LogP) is 2.93. The molecule has 106 valence electrons. The van der Waals surface area contributed by atoms with Crippen molar-refractivity contribution in [3.05, 3.63) is 35.9 Å². The van der Waals surface area contributed by atoms with Crippen molar-refractivity contribution in [3.63, 3.8) is 0 Å². The van der Waals surface area contributed by atoms with Crippen LogP contribution < -0.4 is 5.73 Å². The lowest BCUT2D eigenvalue weighted by molar-refractivity contribution is 0.160. The molecule has 0 radical (unpaired) electrons. The summed E-state index contributed by atoms with van der Waals surface area (Å²) >= 11 is 0. The Labute approximate surface area is 118 Å². The van der Waals surface area contributed by atoms with Gasteiger partial charge < -0.3 is 10.6 Å². The molecule has 1 aliphatic rings. The van der Waals surface area contributed by atoms with Crippen LogP contribution >= 0.6 is 0 Å². The Morgan fingerprint density at radius 1 is 1.21 bits per heavy atom. The Bertz CT molecular complexity index is 338. The van der Waals surface area contributed by atoms with Gasteiger partial charge in [0.1, 0.15) is 0 Å². The molecular formula is C17H28N2. The normalized spacial score (nSPS) is 19.5. The molecule has 2 heteroatoms. The minimum atomic E-state index is 0.686. The van der Waals surface area contributed by atoms with Crippen molar-refractivity contribution in [2.45, 2.75) is 32.6 Å². The van der Waals surface area contributed by atoms with E-state index in [1.54, 1.807) is 0 Å². The van der Waals surface area contributed by atoms with Crippen molar-refractivity contribution in [1.82, 2.24) is 4.90 Å². The lowest BCUT2D eigenvalue weighted by Gasteiger charge is -2.34. The fourth-order valence-corrected chi connectivity index (χ4v) is 3.06. The highest BCUT2D eigenvalue weighted by Gasteiger charge is 2.20. The second-order valence-electron chi connectivity index (χ2n) is 5.94. The molecule has 1 unspecified atom stereocenters. The smallest absolute Gasteiger partial charge is 0.00216 e.